The smallest absolute Gasteiger partial charge is 0.220 e. The maximum atomic E-state index is 12.4. The lowest BCUT2D eigenvalue weighted by Crippen LogP contribution is -2.43. The van der Waals surface area contributed by atoms with Crippen LogP contribution in [-0.4, -0.2) is 48.6 Å². The molecule has 2 aromatic heterocycles. The van der Waals surface area contributed by atoms with Crippen LogP contribution in [0.4, 0.5) is 0 Å². The SMILES string of the molecule is O=C(CCc1ncc(-c2ccccc2)o1)NCC(c1cccs1)N1CCOCC1. The molecule has 3 aromatic rings. The molecular weight excluding hydrogens is 386 g/mol. The molecule has 0 spiro atoms. The van der Waals surface area contributed by atoms with Crippen LogP contribution in [-0.2, 0) is 16.0 Å². The van der Waals surface area contributed by atoms with E-state index in [0.717, 1.165) is 37.6 Å². The molecule has 0 saturated carbocycles. The number of ether oxygens (including phenoxy) is 1. The highest BCUT2D eigenvalue weighted by Crippen LogP contribution is 2.25. The number of amides is 1. The Bertz CT molecular complexity index is 889. The van der Waals surface area contributed by atoms with Gasteiger partial charge in [-0.05, 0) is 11.4 Å². The molecule has 0 radical (unpaired) electrons. The van der Waals surface area contributed by atoms with Crippen molar-refractivity contribution in [2.24, 2.45) is 0 Å². The summed E-state index contributed by atoms with van der Waals surface area (Å²) in [5.41, 5.74) is 0.986. The van der Waals surface area contributed by atoms with E-state index in [0.29, 0.717) is 25.3 Å². The van der Waals surface area contributed by atoms with Gasteiger partial charge in [-0.25, -0.2) is 4.98 Å². The third-order valence-electron chi connectivity index (χ3n) is 5.03. The van der Waals surface area contributed by atoms with Gasteiger partial charge in [0, 0.05) is 42.9 Å². The van der Waals surface area contributed by atoms with Gasteiger partial charge in [0.1, 0.15) is 0 Å². The van der Waals surface area contributed by atoms with E-state index in [2.05, 4.69) is 32.7 Å². The largest absolute Gasteiger partial charge is 0.441 e. The summed E-state index contributed by atoms with van der Waals surface area (Å²) in [5, 5.41) is 5.17. The van der Waals surface area contributed by atoms with Gasteiger partial charge in [-0.15, -0.1) is 11.3 Å². The highest BCUT2D eigenvalue weighted by atomic mass is 32.1. The van der Waals surface area contributed by atoms with Crippen molar-refractivity contribution >= 4 is 17.2 Å². The minimum absolute atomic E-state index is 0.0132. The Morgan fingerprint density at radius 1 is 1.17 bits per heavy atom. The fourth-order valence-electron chi connectivity index (χ4n) is 3.46. The zero-order valence-corrected chi connectivity index (χ0v) is 17.1. The van der Waals surface area contributed by atoms with Gasteiger partial charge in [-0.2, -0.15) is 0 Å². The third kappa shape index (κ3) is 5.32. The standard InChI is InChI=1S/C22H25N3O3S/c26-21(8-9-22-24-16-19(28-22)17-5-2-1-3-6-17)23-15-18(20-7-4-14-29-20)25-10-12-27-13-11-25/h1-7,14,16,18H,8-13,15H2,(H,23,26). The van der Waals surface area contributed by atoms with E-state index in [9.17, 15) is 4.79 Å². The molecule has 1 amide bonds. The highest BCUT2D eigenvalue weighted by Gasteiger charge is 2.24. The quantitative estimate of drug-likeness (QED) is 0.614. The summed E-state index contributed by atoms with van der Waals surface area (Å²) in [4.78, 5) is 20.4. The Morgan fingerprint density at radius 2 is 2.00 bits per heavy atom. The maximum absolute atomic E-state index is 12.4. The fraction of sp³-hybridized carbons (Fsp3) is 0.364. The van der Waals surface area contributed by atoms with Crippen molar-refractivity contribution in [1.29, 1.82) is 0 Å². The molecule has 1 unspecified atom stereocenters. The highest BCUT2D eigenvalue weighted by molar-refractivity contribution is 7.10. The molecule has 1 aliphatic heterocycles. The number of benzene rings is 1. The second-order valence-corrected chi connectivity index (χ2v) is 7.95. The zero-order valence-electron chi connectivity index (χ0n) is 16.3. The molecule has 29 heavy (non-hydrogen) atoms. The Labute approximate surface area is 174 Å². The number of hydrogen-bond donors (Lipinski definition) is 1. The van der Waals surface area contributed by atoms with Gasteiger partial charge >= 0.3 is 0 Å². The van der Waals surface area contributed by atoms with Gasteiger partial charge in [-0.1, -0.05) is 36.4 Å². The van der Waals surface area contributed by atoms with Gasteiger partial charge in [0.15, 0.2) is 11.7 Å². The molecule has 3 heterocycles. The van der Waals surface area contributed by atoms with Crippen LogP contribution in [0.15, 0.2) is 58.5 Å². The normalized spacial score (nSPS) is 15.9. The fourth-order valence-corrected chi connectivity index (χ4v) is 4.32. The van der Waals surface area contributed by atoms with Gasteiger partial charge in [-0.3, -0.25) is 9.69 Å². The van der Waals surface area contributed by atoms with Crippen LogP contribution in [0.3, 0.4) is 0 Å². The Hall–Kier alpha value is -2.48. The summed E-state index contributed by atoms with van der Waals surface area (Å²) in [6.45, 7) is 3.85. The molecule has 7 heteroatoms. The van der Waals surface area contributed by atoms with Crippen molar-refractivity contribution in [3.05, 3.63) is 64.8 Å². The average Bonchev–Trinajstić information content (AvgIpc) is 3.46. The molecular formula is C22H25N3O3S. The molecule has 1 saturated heterocycles. The topological polar surface area (TPSA) is 67.6 Å². The Morgan fingerprint density at radius 3 is 2.76 bits per heavy atom. The first kappa shape index (κ1) is 19.8. The number of hydrogen-bond acceptors (Lipinski definition) is 6. The predicted molar refractivity (Wildman–Crippen MR) is 113 cm³/mol. The number of nitrogens with zero attached hydrogens (tertiary/aromatic N) is 2. The summed E-state index contributed by atoms with van der Waals surface area (Å²) < 4.78 is 11.3. The summed E-state index contributed by atoms with van der Waals surface area (Å²) in [7, 11) is 0. The number of aryl methyl sites for hydroxylation is 1. The molecule has 1 N–H and O–H groups in total. The molecule has 0 aliphatic carbocycles. The van der Waals surface area contributed by atoms with Gasteiger partial charge < -0.3 is 14.5 Å². The molecule has 1 atom stereocenters. The van der Waals surface area contributed by atoms with E-state index in [-0.39, 0.29) is 11.9 Å². The summed E-state index contributed by atoms with van der Waals surface area (Å²) in [5.74, 6) is 1.33. The molecule has 4 rings (SSSR count). The van der Waals surface area contributed by atoms with Crippen molar-refractivity contribution in [2.45, 2.75) is 18.9 Å². The van der Waals surface area contributed by atoms with Gasteiger partial charge in [0.05, 0.1) is 25.5 Å². The van der Waals surface area contributed by atoms with Crippen molar-refractivity contribution in [3.63, 3.8) is 0 Å². The van der Waals surface area contributed by atoms with Crippen molar-refractivity contribution < 1.29 is 13.9 Å². The number of rotatable bonds is 8. The van der Waals surface area contributed by atoms with Crippen molar-refractivity contribution in [2.75, 3.05) is 32.8 Å². The van der Waals surface area contributed by atoms with Crippen LogP contribution in [0.1, 0.15) is 23.2 Å². The lowest BCUT2D eigenvalue weighted by atomic mass is 10.2. The Balaban J connectivity index is 1.29. The first-order chi connectivity index (χ1) is 14.3. The minimum Gasteiger partial charge on any atom is -0.441 e. The summed E-state index contributed by atoms with van der Waals surface area (Å²) in [6.07, 6.45) is 2.56. The van der Waals surface area contributed by atoms with Crippen LogP contribution >= 0.6 is 11.3 Å². The van der Waals surface area contributed by atoms with Crippen molar-refractivity contribution in [3.8, 4) is 11.3 Å². The molecule has 1 fully saturated rings. The van der Waals surface area contributed by atoms with E-state index in [1.54, 1.807) is 17.5 Å². The van der Waals surface area contributed by atoms with Gasteiger partial charge in [0.2, 0.25) is 5.91 Å². The Kier molecular flexibility index (Phi) is 6.71. The van der Waals surface area contributed by atoms with E-state index < -0.39 is 0 Å². The van der Waals surface area contributed by atoms with E-state index in [1.807, 2.05) is 30.3 Å². The second kappa shape index (κ2) is 9.82. The lowest BCUT2D eigenvalue weighted by molar-refractivity contribution is -0.121. The first-order valence-electron chi connectivity index (χ1n) is 9.91. The molecule has 1 aromatic carbocycles. The molecule has 152 valence electrons. The van der Waals surface area contributed by atoms with Crippen molar-refractivity contribution in [1.82, 2.24) is 15.2 Å². The van der Waals surface area contributed by atoms with Crippen LogP contribution in [0.5, 0.6) is 0 Å². The lowest BCUT2D eigenvalue weighted by Gasteiger charge is -2.34. The number of aromatic nitrogens is 1. The third-order valence-corrected chi connectivity index (χ3v) is 6.00. The predicted octanol–water partition coefficient (Wildman–Crippen LogP) is 3.53. The monoisotopic (exact) mass is 411 g/mol. The molecule has 6 nitrogen and oxygen atoms in total. The van der Waals surface area contributed by atoms with E-state index in [4.69, 9.17) is 9.15 Å². The summed E-state index contributed by atoms with van der Waals surface area (Å²) >= 11 is 1.73. The number of carbonyl (C=O) groups excluding carboxylic acids is 1. The average molecular weight is 412 g/mol. The van der Waals surface area contributed by atoms with E-state index in [1.165, 1.54) is 4.88 Å². The van der Waals surface area contributed by atoms with Gasteiger partial charge in [0.25, 0.3) is 0 Å². The number of nitrogens with one attached hydrogen (secondary N) is 1. The zero-order chi connectivity index (χ0) is 19.9. The van der Waals surface area contributed by atoms with E-state index >= 15 is 0 Å². The maximum Gasteiger partial charge on any atom is 0.220 e. The van der Waals surface area contributed by atoms with Crippen LogP contribution < -0.4 is 5.32 Å². The summed E-state index contributed by atoms with van der Waals surface area (Å²) in [6, 6.07) is 14.2. The van der Waals surface area contributed by atoms with Crippen LogP contribution in [0.2, 0.25) is 0 Å². The minimum atomic E-state index is 0.0132. The molecule has 0 bridgehead atoms. The van der Waals surface area contributed by atoms with Crippen LogP contribution in [0, 0.1) is 0 Å². The number of morpholine rings is 1. The van der Waals surface area contributed by atoms with Crippen LogP contribution in [0.25, 0.3) is 11.3 Å². The number of thiophene rings is 1. The second-order valence-electron chi connectivity index (χ2n) is 6.97. The number of carbonyl (C=O) groups is 1. The first-order valence-corrected chi connectivity index (χ1v) is 10.8. The molecule has 1 aliphatic rings. The number of oxazole rings is 1.